The smallest absolute Gasteiger partial charge is 0.323 e. The van der Waals surface area contributed by atoms with Crippen LogP contribution in [0.2, 0.25) is 0 Å². The molecular formula is C30H28N6O2. The van der Waals surface area contributed by atoms with Crippen LogP contribution in [0.15, 0.2) is 54.7 Å². The van der Waals surface area contributed by atoms with Crippen LogP contribution in [-0.2, 0) is 26.4 Å². The van der Waals surface area contributed by atoms with E-state index in [4.69, 9.17) is 0 Å². The molecule has 8 nitrogen and oxygen atoms in total. The van der Waals surface area contributed by atoms with Gasteiger partial charge in [0.1, 0.15) is 0 Å². The molecule has 0 radical (unpaired) electrons. The molecule has 5 aromatic rings. The van der Waals surface area contributed by atoms with Crippen LogP contribution in [0, 0.1) is 0 Å². The number of nitrogens with one attached hydrogen (secondary N) is 3. The molecule has 0 saturated carbocycles. The number of aromatic nitrogens is 3. The quantitative estimate of drug-likeness (QED) is 0.292. The number of carbonyl (C=O) groups is 2. The van der Waals surface area contributed by atoms with Crippen molar-refractivity contribution in [3.8, 4) is 11.1 Å². The number of amides is 3. The molecule has 0 bridgehead atoms. The van der Waals surface area contributed by atoms with Gasteiger partial charge in [0.15, 0.2) is 0 Å². The van der Waals surface area contributed by atoms with E-state index in [0.717, 1.165) is 62.8 Å². The second-order valence-corrected chi connectivity index (χ2v) is 10.4. The summed E-state index contributed by atoms with van der Waals surface area (Å²) >= 11 is 0. The maximum atomic E-state index is 13.3. The van der Waals surface area contributed by atoms with Crippen molar-refractivity contribution >= 4 is 45.1 Å². The lowest BCUT2D eigenvalue weighted by Crippen LogP contribution is -2.19. The Balaban J connectivity index is 1.46. The molecule has 2 aliphatic rings. The van der Waals surface area contributed by atoms with E-state index in [9.17, 15) is 9.59 Å². The van der Waals surface area contributed by atoms with Gasteiger partial charge in [0.05, 0.1) is 16.8 Å². The van der Waals surface area contributed by atoms with Gasteiger partial charge in [-0.2, -0.15) is 5.10 Å². The third kappa shape index (κ3) is 3.26. The topological polar surface area (TPSA) is 93.0 Å². The second kappa shape index (κ2) is 8.21. The lowest BCUT2D eigenvalue weighted by molar-refractivity contribution is 0.0966. The van der Waals surface area contributed by atoms with Crippen molar-refractivity contribution in [2.24, 2.45) is 7.05 Å². The molecule has 0 fully saturated rings. The lowest BCUT2D eigenvalue weighted by atomic mass is 9.82. The van der Waals surface area contributed by atoms with Gasteiger partial charge in [-0.05, 0) is 68.1 Å². The maximum absolute atomic E-state index is 13.3. The molecule has 0 spiro atoms. The Morgan fingerprint density at radius 3 is 2.58 bits per heavy atom. The average molecular weight is 505 g/mol. The van der Waals surface area contributed by atoms with E-state index in [1.54, 1.807) is 0 Å². The monoisotopic (exact) mass is 504 g/mol. The zero-order chi connectivity index (χ0) is 26.1. The number of benzene rings is 3. The number of para-hydroxylation sites is 1. The Labute approximate surface area is 219 Å². The first kappa shape index (κ1) is 22.6. The van der Waals surface area contributed by atoms with Crippen LogP contribution in [0.5, 0.6) is 0 Å². The molecule has 0 atom stereocenters. The first-order valence-electron chi connectivity index (χ1n) is 13.0. The number of hydrogen-bond acceptors (Lipinski definition) is 3. The summed E-state index contributed by atoms with van der Waals surface area (Å²) < 4.78 is 4.24. The Morgan fingerprint density at radius 2 is 1.79 bits per heavy atom. The van der Waals surface area contributed by atoms with Crippen LogP contribution in [0.3, 0.4) is 0 Å². The summed E-state index contributed by atoms with van der Waals surface area (Å²) in [6.07, 6.45) is 3.70. The van der Waals surface area contributed by atoms with Crippen molar-refractivity contribution < 1.29 is 9.59 Å². The molecule has 3 amide bonds. The van der Waals surface area contributed by atoms with Crippen LogP contribution in [0.1, 0.15) is 47.1 Å². The summed E-state index contributed by atoms with van der Waals surface area (Å²) in [4.78, 5) is 26.0. The van der Waals surface area contributed by atoms with E-state index in [1.807, 2.05) is 60.4 Å². The number of aryl methyl sites for hydroxylation is 3. The Bertz CT molecular complexity index is 1790. The first-order valence-corrected chi connectivity index (χ1v) is 13.0. The third-order valence-electron chi connectivity index (χ3n) is 7.69. The van der Waals surface area contributed by atoms with Gasteiger partial charge in [0, 0.05) is 64.6 Å². The molecule has 2 aromatic heterocycles. The van der Waals surface area contributed by atoms with E-state index in [-0.39, 0.29) is 18.0 Å². The molecule has 38 heavy (non-hydrogen) atoms. The van der Waals surface area contributed by atoms with Crippen LogP contribution in [-0.4, -0.2) is 26.3 Å². The average Bonchev–Trinajstić information content (AvgIpc) is 3.56. The zero-order valence-corrected chi connectivity index (χ0v) is 21.6. The first-order chi connectivity index (χ1) is 18.4. The molecule has 7 rings (SSSR count). The molecule has 3 heterocycles. The minimum absolute atomic E-state index is 0.0307. The fraction of sp³-hybridized carbons (Fsp3) is 0.233. The summed E-state index contributed by atoms with van der Waals surface area (Å²) in [6, 6.07) is 15.3. The van der Waals surface area contributed by atoms with Crippen molar-refractivity contribution in [3.63, 3.8) is 0 Å². The predicted octanol–water partition coefficient (Wildman–Crippen LogP) is 5.76. The van der Waals surface area contributed by atoms with Crippen LogP contribution < -0.4 is 16.0 Å². The van der Waals surface area contributed by atoms with Gasteiger partial charge in [-0.3, -0.25) is 9.48 Å². The van der Waals surface area contributed by atoms with Crippen molar-refractivity contribution in [1.29, 1.82) is 0 Å². The van der Waals surface area contributed by atoms with Crippen molar-refractivity contribution in [2.75, 3.05) is 10.6 Å². The van der Waals surface area contributed by atoms with Crippen molar-refractivity contribution in [1.82, 2.24) is 19.7 Å². The molecule has 3 N–H and O–H groups in total. The van der Waals surface area contributed by atoms with Gasteiger partial charge in [-0.15, -0.1) is 0 Å². The number of urea groups is 1. The zero-order valence-electron chi connectivity index (χ0n) is 21.6. The number of carbonyl (C=O) groups excluding carboxylic acids is 2. The molecule has 1 aliphatic carbocycles. The van der Waals surface area contributed by atoms with Gasteiger partial charge in [0.2, 0.25) is 0 Å². The van der Waals surface area contributed by atoms with Gasteiger partial charge in [-0.25, -0.2) is 4.79 Å². The largest absolute Gasteiger partial charge is 0.348 e. The van der Waals surface area contributed by atoms with Gasteiger partial charge < -0.3 is 20.5 Å². The number of fused-ring (bicyclic) bond motifs is 10. The molecule has 190 valence electrons. The summed E-state index contributed by atoms with van der Waals surface area (Å²) in [5.74, 6) is -0.0307. The summed E-state index contributed by atoms with van der Waals surface area (Å²) in [5.41, 5.74) is 9.84. The Morgan fingerprint density at radius 1 is 1.00 bits per heavy atom. The highest BCUT2D eigenvalue weighted by molar-refractivity contribution is 6.20. The molecular weight excluding hydrogens is 476 g/mol. The summed E-state index contributed by atoms with van der Waals surface area (Å²) in [6.45, 7) is 4.87. The number of nitrogens with zero attached hydrogens (tertiary/aromatic N) is 3. The van der Waals surface area contributed by atoms with Gasteiger partial charge >= 0.3 is 6.03 Å². The normalized spacial score (nSPS) is 13.9. The fourth-order valence-corrected chi connectivity index (χ4v) is 6.29. The maximum Gasteiger partial charge on any atom is 0.323 e. The van der Waals surface area contributed by atoms with Crippen molar-refractivity contribution in [2.45, 2.75) is 39.3 Å². The number of anilines is 2. The molecule has 3 aromatic carbocycles. The summed E-state index contributed by atoms with van der Waals surface area (Å²) in [5, 5.41) is 15.8. The van der Waals surface area contributed by atoms with Gasteiger partial charge in [-0.1, -0.05) is 18.2 Å². The van der Waals surface area contributed by atoms with E-state index in [1.165, 1.54) is 11.1 Å². The van der Waals surface area contributed by atoms with E-state index in [2.05, 4.69) is 45.5 Å². The van der Waals surface area contributed by atoms with E-state index in [0.29, 0.717) is 12.2 Å². The SMILES string of the molecule is CC(C)n1c2ccc(NC(=O)Nc3ccccc3)cc2c2c3c(c4c(c21)CCc1nn(C)cc1-4)C(=O)NC3. The van der Waals surface area contributed by atoms with E-state index >= 15 is 0 Å². The third-order valence-corrected chi connectivity index (χ3v) is 7.69. The highest BCUT2D eigenvalue weighted by atomic mass is 16.2. The Kier molecular flexibility index (Phi) is 4.88. The number of hydrogen-bond donors (Lipinski definition) is 3. The predicted molar refractivity (Wildman–Crippen MR) is 150 cm³/mol. The lowest BCUT2D eigenvalue weighted by Gasteiger charge is -2.22. The van der Waals surface area contributed by atoms with Crippen molar-refractivity contribution in [3.05, 3.63) is 77.1 Å². The minimum atomic E-state index is -0.299. The standard InChI is InChI=1S/C30H28N6O2/c1-16(2)36-24-12-9-18(33-30(38)32-17-7-5-4-6-8-17)13-20(24)26-21-14-31-29(37)27(21)25-19(28(26)36)10-11-23-22(25)15-35(3)34-23/h4-9,12-13,15-16H,10-11,14H2,1-3H3,(H,31,37)(H2,32,33,38). The molecule has 0 unspecified atom stereocenters. The van der Waals surface area contributed by atoms with Crippen LogP contribution >= 0.6 is 0 Å². The van der Waals surface area contributed by atoms with Crippen LogP contribution in [0.25, 0.3) is 32.9 Å². The highest BCUT2D eigenvalue weighted by Crippen LogP contribution is 2.47. The van der Waals surface area contributed by atoms with Crippen LogP contribution in [0.4, 0.5) is 16.2 Å². The Hall–Kier alpha value is -4.59. The minimum Gasteiger partial charge on any atom is -0.348 e. The van der Waals surface area contributed by atoms with Gasteiger partial charge in [0.25, 0.3) is 5.91 Å². The van der Waals surface area contributed by atoms with E-state index < -0.39 is 0 Å². The molecule has 1 aliphatic heterocycles. The highest BCUT2D eigenvalue weighted by Gasteiger charge is 2.35. The second-order valence-electron chi connectivity index (χ2n) is 10.4. The fourth-order valence-electron chi connectivity index (χ4n) is 6.29. The number of rotatable bonds is 3. The summed E-state index contributed by atoms with van der Waals surface area (Å²) in [7, 11) is 1.93. The molecule has 8 heteroatoms. The molecule has 0 saturated heterocycles.